The average Bonchev–Trinajstić information content (AvgIpc) is 2.66. The number of aromatic hydroxyl groups is 1. The number of H-pyrrole nitrogens is 1. The minimum atomic E-state index is -0.589. The van der Waals surface area contributed by atoms with Crippen LogP contribution in [0.2, 0.25) is 0 Å². The number of benzene rings is 1. The largest absolute Gasteiger partial charge is 0.506 e. The summed E-state index contributed by atoms with van der Waals surface area (Å²) in [6.07, 6.45) is 3.37. The van der Waals surface area contributed by atoms with Gasteiger partial charge in [0.2, 0.25) is 0 Å². The van der Waals surface area contributed by atoms with Gasteiger partial charge in [-0.25, -0.2) is 0 Å². The summed E-state index contributed by atoms with van der Waals surface area (Å²) in [7, 11) is 0. The topological polar surface area (TPSA) is 86.3 Å². The van der Waals surface area contributed by atoms with Crippen LogP contribution in [-0.2, 0) is 6.54 Å². The summed E-state index contributed by atoms with van der Waals surface area (Å²) in [4.78, 5) is 34.0. The molecule has 0 saturated carbocycles. The molecule has 6 nitrogen and oxygen atoms in total. The molecule has 0 unspecified atom stereocenters. The van der Waals surface area contributed by atoms with Crippen molar-refractivity contribution >= 4 is 16.8 Å². The van der Waals surface area contributed by atoms with Gasteiger partial charge in [-0.2, -0.15) is 0 Å². The normalized spacial score (nSPS) is 10.8. The summed E-state index contributed by atoms with van der Waals surface area (Å²) in [6.45, 7) is 2.80. The number of carbonyl (C=O) groups is 1. The Morgan fingerprint density at radius 3 is 2.69 bits per heavy atom. The van der Waals surface area contributed by atoms with Crippen molar-refractivity contribution in [3.8, 4) is 5.75 Å². The molecule has 134 valence electrons. The van der Waals surface area contributed by atoms with E-state index in [0.717, 1.165) is 18.5 Å². The predicted octanol–water partition coefficient (Wildman–Crippen LogP) is 3.07. The summed E-state index contributed by atoms with van der Waals surface area (Å²) in [6, 6.07) is 12.4. The summed E-state index contributed by atoms with van der Waals surface area (Å²) >= 11 is 0. The van der Waals surface area contributed by atoms with E-state index >= 15 is 0 Å². The highest BCUT2D eigenvalue weighted by Gasteiger charge is 2.24. The van der Waals surface area contributed by atoms with Crippen LogP contribution in [0.4, 0.5) is 0 Å². The van der Waals surface area contributed by atoms with Gasteiger partial charge in [0.1, 0.15) is 11.3 Å². The van der Waals surface area contributed by atoms with Crippen molar-refractivity contribution in [1.82, 2.24) is 14.9 Å². The molecule has 0 fully saturated rings. The molecule has 3 aromatic rings. The average molecular weight is 351 g/mol. The first-order valence-corrected chi connectivity index (χ1v) is 8.65. The van der Waals surface area contributed by atoms with Gasteiger partial charge in [-0.3, -0.25) is 14.6 Å². The van der Waals surface area contributed by atoms with E-state index < -0.39 is 11.5 Å². The molecule has 1 aromatic carbocycles. The quantitative estimate of drug-likeness (QED) is 0.714. The first kappa shape index (κ1) is 17.7. The second-order valence-electron chi connectivity index (χ2n) is 6.12. The minimum absolute atomic E-state index is 0.226. The molecule has 1 amide bonds. The molecule has 2 N–H and O–H groups in total. The van der Waals surface area contributed by atoms with Crippen molar-refractivity contribution in [2.45, 2.75) is 26.3 Å². The van der Waals surface area contributed by atoms with E-state index in [2.05, 4.69) is 9.97 Å². The lowest BCUT2D eigenvalue weighted by atomic mass is 10.1. The maximum atomic E-state index is 13.1. The second-order valence-corrected chi connectivity index (χ2v) is 6.12. The molecular formula is C20H21N3O3. The number of aromatic nitrogens is 2. The van der Waals surface area contributed by atoms with Crippen LogP contribution in [0, 0.1) is 0 Å². The van der Waals surface area contributed by atoms with E-state index in [1.807, 2.05) is 25.1 Å². The lowest BCUT2D eigenvalue weighted by molar-refractivity contribution is 0.0734. The number of amides is 1. The Hall–Kier alpha value is -3.15. The summed E-state index contributed by atoms with van der Waals surface area (Å²) in [5.41, 5.74) is 0.412. The SMILES string of the molecule is CCCCN(Cc1ccccn1)C(=O)c1c(O)c2ccccc2[nH]c1=O. The number of para-hydroxylation sites is 1. The third-order valence-corrected chi connectivity index (χ3v) is 4.26. The van der Waals surface area contributed by atoms with Crippen molar-refractivity contribution in [2.75, 3.05) is 6.54 Å². The summed E-state index contributed by atoms with van der Waals surface area (Å²) < 4.78 is 0. The minimum Gasteiger partial charge on any atom is -0.506 e. The molecule has 0 aliphatic rings. The number of carbonyl (C=O) groups excluding carboxylic acids is 1. The lowest BCUT2D eigenvalue weighted by Gasteiger charge is -2.22. The van der Waals surface area contributed by atoms with Gasteiger partial charge in [-0.15, -0.1) is 0 Å². The van der Waals surface area contributed by atoms with Crippen LogP contribution < -0.4 is 5.56 Å². The Labute approximate surface area is 151 Å². The number of fused-ring (bicyclic) bond motifs is 1. The van der Waals surface area contributed by atoms with Gasteiger partial charge in [0.05, 0.1) is 17.8 Å². The molecule has 0 saturated heterocycles. The van der Waals surface area contributed by atoms with E-state index in [1.54, 1.807) is 35.4 Å². The Bertz CT molecular complexity index is 967. The van der Waals surface area contributed by atoms with Gasteiger partial charge in [0.15, 0.2) is 0 Å². The number of nitrogens with zero attached hydrogens (tertiary/aromatic N) is 2. The van der Waals surface area contributed by atoms with Crippen molar-refractivity contribution in [2.24, 2.45) is 0 Å². The third kappa shape index (κ3) is 3.59. The maximum Gasteiger partial charge on any atom is 0.265 e. The Morgan fingerprint density at radius 1 is 1.19 bits per heavy atom. The highest BCUT2D eigenvalue weighted by molar-refractivity contribution is 6.02. The molecule has 0 atom stereocenters. The first-order valence-electron chi connectivity index (χ1n) is 8.65. The van der Waals surface area contributed by atoms with Crippen molar-refractivity contribution in [3.63, 3.8) is 0 Å². The van der Waals surface area contributed by atoms with Gasteiger partial charge in [-0.05, 0) is 30.7 Å². The summed E-state index contributed by atoms with van der Waals surface area (Å²) in [5, 5.41) is 11.0. The highest BCUT2D eigenvalue weighted by Crippen LogP contribution is 2.25. The van der Waals surface area contributed by atoms with E-state index in [9.17, 15) is 14.7 Å². The predicted molar refractivity (Wildman–Crippen MR) is 100 cm³/mol. The van der Waals surface area contributed by atoms with Crippen molar-refractivity contribution < 1.29 is 9.90 Å². The molecule has 0 spiro atoms. The fraction of sp³-hybridized carbons (Fsp3) is 0.250. The Kier molecular flexibility index (Phi) is 5.31. The molecule has 2 aromatic heterocycles. The van der Waals surface area contributed by atoms with Gasteiger partial charge in [0.25, 0.3) is 11.5 Å². The molecule has 26 heavy (non-hydrogen) atoms. The van der Waals surface area contributed by atoms with Crippen LogP contribution in [0.15, 0.2) is 53.5 Å². The molecule has 6 heteroatoms. The van der Waals surface area contributed by atoms with E-state index in [4.69, 9.17) is 0 Å². The monoisotopic (exact) mass is 351 g/mol. The number of rotatable bonds is 6. The van der Waals surface area contributed by atoms with Crippen LogP contribution >= 0.6 is 0 Å². The van der Waals surface area contributed by atoms with Gasteiger partial charge in [-0.1, -0.05) is 31.5 Å². The molecule has 3 rings (SSSR count). The highest BCUT2D eigenvalue weighted by atomic mass is 16.3. The Morgan fingerprint density at radius 2 is 1.96 bits per heavy atom. The Balaban J connectivity index is 2.01. The third-order valence-electron chi connectivity index (χ3n) is 4.26. The fourth-order valence-corrected chi connectivity index (χ4v) is 2.87. The van der Waals surface area contributed by atoms with Gasteiger partial charge >= 0.3 is 0 Å². The fourth-order valence-electron chi connectivity index (χ4n) is 2.87. The maximum absolute atomic E-state index is 13.1. The van der Waals surface area contributed by atoms with E-state index in [-0.39, 0.29) is 17.9 Å². The lowest BCUT2D eigenvalue weighted by Crippen LogP contribution is -2.35. The second kappa shape index (κ2) is 7.82. The van der Waals surface area contributed by atoms with Crippen LogP contribution in [0.5, 0.6) is 5.75 Å². The molecular weight excluding hydrogens is 330 g/mol. The summed E-state index contributed by atoms with van der Waals surface area (Å²) in [5.74, 6) is -0.773. The molecule has 0 aliphatic carbocycles. The molecule has 0 radical (unpaired) electrons. The zero-order chi connectivity index (χ0) is 18.5. The number of hydrogen-bond acceptors (Lipinski definition) is 4. The van der Waals surface area contributed by atoms with E-state index in [1.165, 1.54) is 0 Å². The zero-order valence-electron chi connectivity index (χ0n) is 14.6. The molecule has 2 heterocycles. The molecule has 0 bridgehead atoms. The number of aromatic amines is 1. The smallest absolute Gasteiger partial charge is 0.265 e. The first-order chi connectivity index (χ1) is 12.6. The van der Waals surface area contributed by atoms with Crippen LogP contribution in [0.1, 0.15) is 35.8 Å². The standard InChI is InChI=1S/C20H21N3O3/c1-2-3-12-23(13-14-8-6-7-11-21-14)20(26)17-18(24)15-9-4-5-10-16(15)22-19(17)25/h4-11H,2-3,12-13H2,1H3,(H2,22,24,25). The van der Waals surface area contributed by atoms with Crippen LogP contribution in [0.3, 0.4) is 0 Å². The number of hydrogen-bond donors (Lipinski definition) is 2. The number of nitrogens with one attached hydrogen (secondary N) is 1. The zero-order valence-corrected chi connectivity index (χ0v) is 14.6. The number of unbranched alkanes of at least 4 members (excludes halogenated alkanes) is 1. The van der Waals surface area contributed by atoms with Crippen molar-refractivity contribution in [3.05, 3.63) is 70.3 Å². The van der Waals surface area contributed by atoms with Gasteiger partial charge in [0, 0.05) is 18.1 Å². The van der Waals surface area contributed by atoms with Crippen LogP contribution in [0.25, 0.3) is 10.9 Å². The van der Waals surface area contributed by atoms with E-state index in [0.29, 0.717) is 17.4 Å². The number of pyridine rings is 2. The van der Waals surface area contributed by atoms with Crippen LogP contribution in [-0.4, -0.2) is 32.4 Å². The molecule has 0 aliphatic heterocycles. The van der Waals surface area contributed by atoms with Gasteiger partial charge < -0.3 is 15.0 Å². The van der Waals surface area contributed by atoms with Crippen molar-refractivity contribution in [1.29, 1.82) is 0 Å².